The Morgan fingerprint density at radius 1 is 1.06 bits per heavy atom. The number of hydrogen-bond acceptors (Lipinski definition) is 5. The van der Waals surface area contributed by atoms with Crippen molar-refractivity contribution in [1.29, 1.82) is 0 Å². The van der Waals surface area contributed by atoms with Crippen LogP contribution in [-0.4, -0.2) is 16.5 Å². The number of nitro benzene ring substituents is 1. The van der Waals surface area contributed by atoms with E-state index in [0.29, 0.717) is 28.1 Å². The number of benzene rings is 3. The Balaban J connectivity index is 1.54. The fourth-order valence-corrected chi connectivity index (χ4v) is 3.92. The van der Waals surface area contributed by atoms with Gasteiger partial charge in [0, 0.05) is 12.1 Å². The lowest BCUT2D eigenvalue weighted by molar-refractivity contribution is -0.384. The Kier molecular flexibility index (Phi) is 6.44. The first-order valence-electron chi connectivity index (χ1n) is 9.85. The minimum atomic E-state index is -0.472. The van der Waals surface area contributed by atoms with Gasteiger partial charge in [0.1, 0.15) is 6.61 Å². The lowest BCUT2D eigenvalue weighted by atomic mass is 10.1. The third-order valence-electron chi connectivity index (χ3n) is 4.90. The molecule has 3 aromatic rings. The van der Waals surface area contributed by atoms with E-state index in [9.17, 15) is 14.9 Å². The van der Waals surface area contributed by atoms with E-state index in [1.54, 1.807) is 49.4 Å². The summed E-state index contributed by atoms with van der Waals surface area (Å²) in [6, 6.07) is 18.5. The van der Waals surface area contributed by atoms with Crippen LogP contribution < -0.4 is 9.75 Å². The van der Waals surface area contributed by atoms with Crippen LogP contribution in [0.15, 0.2) is 77.4 Å². The van der Waals surface area contributed by atoms with Gasteiger partial charge in [0.15, 0.2) is 5.75 Å². The van der Waals surface area contributed by atoms with Crippen LogP contribution in [0.5, 0.6) is 5.75 Å². The van der Waals surface area contributed by atoms with Gasteiger partial charge in [-0.05, 0) is 48.4 Å². The topological polar surface area (TPSA) is 85.0 Å². The Hall–Kier alpha value is -3.68. The van der Waals surface area contributed by atoms with Crippen molar-refractivity contribution < 1.29 is 14.5 Å². The highest BCUT2D eigenvalue weighted by molar-refractivity contribution is 6.37. The maximum Gasteiger partial charge on any atom is 0.280 e. The summed E-state index contributed by atoms with van der Waals surface area (Å²) >= 11 is 12.8. The summed E-state index contributed by atoms with van der Waals surface area (Å²) in [6.07, 6.45) is 1.67. The molecule has 0 aromatic heterocycles. The van der Waals surface area contributed by atoms with E-state index in [1.165, 1.54) is 17.1 Å². The predicted octanol–water partition coefficient (Wildman–Crippen LogP) is 6.29. The van der Waals surface area contributed by atoms with Gasteiger partial charge >= 0.3 is 0 Å². The summed E-state index contributed by atoms with van der Waals surface area (Å²) in [5, 5.41) is 17.1. The van der Waals surface area contributed by atoms with Crippen molar-refractivity contribution in [2.24, 2.45) is 5.10 Å². The van der Waals surface area contributed by atoms with E-state index in [1.807, 2.05) is 18.2 Å². The largest absolute Gasteiger partial charge is 0.486 e. The maximum absolute atomic E-state index is 12.9. The van der Waals surface area contributed by atoms with Crippen LogP contribution in [-0.2, 0) is 11.4 Å². The van der Waals surface area contributed by atoms with Crippen molar-refractivity contribution in [3.8, 4) is 5.75 Å². The van der Waals surface area contributed by atoms with E-state index >= 15 is 0 Å². The fraction of sp³-hybridized carbons (Fsp3) is 0.0833. The normalized spacial score (nSPS) is 14.5. The van der Waals surface area contributed by atoms with Crippen LogP contribution >= 0.6 is 23.2 Å². The van der Waals surface area contributed by atoms with E-state index in [2.05, 4.69) is 5.10 Å². The van der Waals surface area contributed by atoms with Gasteiger partial charge in [-0.1, -0.05) is 53.5 Å². The SMILES string of the molecule is CC1=NN(c2ccccc2)C(=O)/C1=C/c1cc(Cl)c(OCc2cccc([N+](=O)[O-])c2)c(Cl)c1. The Bertz CT molecular complexity index is 1280. The molecule has 33 heavy (non-hydrogen) atoms. The molecule has 4 rings (SSSR count). The van der Waals surface area contributed by atoms with Crippen LogP contribution in [0, 0.1) is 10.1 Å². The zero-order valence-corrected chi connectivity index (χ0v) is 18.9. The average molecular weight is 482 g/mol. The van der Waals surface area contributed by atoms with Gasteiger partial charge in [0.25, 0.3) is 11.6 Å². The number of para-hydroxylation sites is 1. The van der Waals surface area contributed by atoms with E-state index in [-0.39, 0.29) is 34.0 Å². The molecule has 0 radical (unpaired) electrons. The molecule has 0 saturated heterocycles. The molecule has 0 saturated carbocycles. The fourth-order valence-electron chi connectivity index (χ4n) is 3.31. The van der Waals surface area contributed by atoms with Crippen molar-refractivity contribution in [3.05, 3.63) is 104 Å². The molecule has 0 unspecified atom stereocenters. The number of hydrazone groups is 1. The summed E-state index contributed by atoms with van der Waals surface area (Å²) in [7, 11) is 0. The molecule has 1 amide bonds. The second kappa shape index (κ2) is 9.44. The monoisotopic (exact) mass is 481 g/mol. The summed E-state index contributed by atoms with van der Waals surface area (Å²) in [6.45, 7) is 1.81. The molecular weight excluding hydrogens is 465 g/mol. The molecule has 0 N–H and O–H groups in total. The van der Waals surface area contributed by atoms with Gasteiger partial charge in [-0.3, -0.25) is 14.9 Å². The van der Waals surface area contributed by atoms with Gasteiger partial charge in [0.05, 0.1) is 31.9 Å². The lowest BCUT2D eigenvalue weighted by Crippen LogP contribution is -2.21. The average Bonchev–Trinajstić information content (AvgIpc) is 3.07. The molecule has 0 spiro atoms. The lowest BCUT2D eigenvalue weighted by Gasteiger charge is -2.12. The molecule has 1 aliphatic rings. The Morgan fingerprint density at radius 3 is 2.42 bits per heavy atom. The first-order chi connectivity index (χ1) is 15.8. The number of anilines is 1. The number of carbonyl (C=O) groups is 1. The van der Waals surface area contributed by atoms with Crippen LogP contribution in [0.1, 0.15) is 18.1 Å². The van der Waals surface area contributed by atoms with Crippen LogP contribution in [0.2, 0.25) is 10.0 Å². The molecule has 0 bridgehead atoms. The van der Waals surface area contributed by atoms with Crippen molar-refractivity contribution in [2.75, 3.05) is 5.01 Å². The highest BCUT2D eigenvalue weighted by Gasteiger charge is 2.28. The first-order valence-corrected chi connectivity index (χ1v) is 10.6. The minimum absolute atomic E-state index is 0.0296. The van der Waals surface area contributed by atoms with Gasteiger partial charge in [-0.25, -0.2) is 0 Å². The summed E-state index contributed by atoms with van der Waals surface area (Å²) in [4.78, 5) is 23.4. The van der Waals surface area contributed by atoms with E-state index < -0.39 is 4.92 Å². The number of nitrogens with zero attached hydrogens (tertiary/aromatic N) is 3. The summed E-state index contributed by atoms with van der Waals surface area (Å²) in [5.41, 5.74) is 2.86. The number of nitro groups is 1. The minimum Gasteiger partial charge on any atom is -0.486 e. The molecule has 9 heteroatoms. The molecule has 0 aliphatic carbocycles. The quantitative estimate of drug-likeness (QED) is 0.235. The molecule has 1 heterocycles. The zero-order valence-electron chi connectivity index (χ0n) is 17.4. The molecule has 7 nitrogen and oxygen atoms in total. The Morgan fingerprint density at radius 2 is 1.76 bits per heavy atom. The highest BCUT2D eigenvalue weighted by atomic mass is 35.5. The number of ether oxygens (including phenoxy) is 1. The van der Waals surface area contributed by atoms with Crippen LogP contribution in [0.25, 0.3) is 6.08 Å². The van der Waals surface area contributed by atoms with Crippen LogP contribution in [0.3, 0.4) is 0 Å². The third-order valence-corrected chi connectivity index (χ3v) is 5.46. The molecule has 0 atom stereocenters. The van der Waals surface area contributed by atoms with E-state index in [0.717, 1.165) is 0 Å². The third kappa shape index (κ3) is 4.89. The number of carbonyl (C=O) groups excluding carboxylic acids is 1. The second-order valence-corrected chi connectivity index (χ2v) is 8.04. The zero-order chi connectivity index (χ0) is 23.5. The number of amides is 1. The van der Waals surface area contributed by atoms with Gasteiger partial charge < -0.3 is 4.74 Å². The number of hydrogen-bond donors (Lipinski definition) is 0. The molecule has 0 fully saturated rings. The van der Waals surface area contributed by atoms with Crippen molar-refractivity contribution >= 4 is 52.3 Å². The van der Waals surface area contributed by atoms with Gasteiger partial charge in [-0.2, -0.15) is 10.1 Å². The molecule has 166 valence electrons. The number of non-ortho nitro benzene ring substituents is 1. The van der Waals surface area contributed by atoms with Crippen molar-refractivity contribution in [1.82, 2.24) is 0 Å². The summed E-state index contributed by atoms with van der Waals surface area (Å²) in [5.74, 6) is -0.00187. The molecular formula is C24H17Cl2N3O4. The smallest absolute Gasteiger partial charge is 0.280 e. The second-order valence-electron chi connectivity index (χ2n) is 7.23. The highest BCUT2D eigenvalue weighted by Crippen LogP contribution is 2.36. The summed E-state index contributed by atoms with van der Waals surface area (Å²) < 4.78 is 5.72. The van der Waals surface area contributed by atoms with Gasteiger partial charge in [0.2, 0.25) is 0 Å². The molecule has 1 aliphatic heterocycles. The van der Waals surface area contributed by atoms with Crippen LogP contribution in [0.4, 0.5) is 11.4 Å². The first kappa shape index (κ1) is 22.5. The standard InChI is InChI=1S/C24H17Cl2N3O4/c1-15-20(24(30)28(27-15)18-7-3-2-4-8-18)11-17-12-21(25)23(22(26)13-17)33-14-16-6-5-9-19(10-16)29(31)32/h2-13H,14H2,1H3/b20-11+. The number of rotatable bonds is 6. The van der Waals surface area contributed by atoms with Crippen molar-refractivity contribution in [2.45, 2.75) is 13.5 Å². The van der Waals surface area contributed by atoms with E-state index in [4.69, 9.17) is 27.9 Å². The van der Waals surface area contributed by atoms with Gasteiger partial charge in [-0.15, -0.1) is 0 Å². The number of halogens is 2. The predicted molar refractivity (Wildman–Crippen MR) is 129 cm³/mol. The maximum atomic E-state index is 12.9. The molecule has 3 aromatic carbocycles. The Labute approximate surface area is 199 Å². The van der Waals surface area contributed by atoms with Crippen molar-refractivity contribution in [3.63, 3.8) is 0 Å².